The summed E-state index contributed by atoms with van der Waals surface area (Å²) in [6.07, 6.45) is 1.83. The highest BCUT2D eigenvalue weighted by atomic mass is 32.2. The number of carbonyl (C=O) groups is 1. The highest BCUT2D eigenvalue weighted by molar-refractivity contribution is 7.98. The van der Waals surface area contributed by atoms with Gasteiger partial charge >= 0.3 is 0 Å². The van der Waals surface area contributed by atoms with E-state index < -0.39 is 0 Å². The minimum atomic E-state index is -0.256. The van der Waals surface area contributed by atoms with E-state index in [-0.39, 0.29) is 18.0 Å². The van der Waals surface area contributed by atoms with Crippen LogP contribution in [0.4, 0.5) is 5.69 Å². The third-order valence-corrected chi connectivity index (χ3v) is 4.30. The van der Waals surface area contributed by atoms with Crippen LogP contribution >= 0.6 is 11.8 Å². The van der Waals surface area contributed by atoms with E-state index in [0.717, 1.165) is 10.8 Å². The van der Waals surface area contributed by atoms with Gasteiger partial charge in [0.15, 0.2) is 5.16 Å². The summed E-state index contributed by atoms with van der Waals surface area (Å²) in [6, 6.07) is 15.1. The molecule has 3 rings (SSSR count). The number of benzene rings is 2. The van der Waals surface area contributed by atoms with Gasteiger partial charge in [0.25, 0.3) is 5.56 Å². The molecule has 1 aromatic heterocycles. The Morgan fingerprint density at radius 2 is 1.92 bits per heavy atom. The molecule has 2 aromatic carbocycles. The van der Waals surface area contributed by atoms with Crippen LogP contribution in [-0.2, 0) is 11.3 Å². The molecular formula is C18H17N3O2S. The van der Waals surface area contributed by atoms with Crippen molar-refractivity contribution in [2.75, 3.05) is 11.6 Å². The molecule has 122 valence electrons. The van der Waals surface area contributed by atoms with Crippen molar-refractivity contribution in [2.24, 2.45) is 0 Å². The van der Waals surface area contributed by atoms with Crippen molar-refractivity contribution in [3.63, 3.8) is 0 Å². The van der Waals surface area contributed by atoms with Crippen LogP contribution in [0, 0.1) is 6.92 Å². The highest BCUT2D eigenvalue weighted by Gasteiger charge is 2.11. The van der Waals surface area contributed by atoms with Gasteiger partial charge in [-0.25, -0.2) is 4.98 Å². The van der Waals surface area contributed by atoms with E-state index in [1.54, 1.807) is 6.92 Å². The number of amides is 1. The molecule has 5 nitrogen and oxygen atoms in total. The summed E-state index contributed by atoms with van der Waals surface area (Å²) in [5, 5.41) is 5.54. The number of thioether (sulfide) groups is 1. The largest absolute Gasteiger partial charge is 0.325 e. The Morgan fingerprint density at radius 3 is 2.67 bits per heavy atom. The Morgan fingerprint density at radius 1 is 1.17 bits per heavy atom. The molecule has 6 heteroatoms. The number of aryl methyl sites for hydroxylation is 1. The molecule has 0 spiro atoms. The van der Waals surface area contributed by atoms with Gasteiger partial charge in [0, 0.05) is 17.4 Å². The maximum absolute atomic E-state index is 12.3. The second kappa shape index (κ2) is 6.88. The summed E-state index contributed by atoms with van der Waals surface area (Å²) in [7, 11) is 0. The Bertz CT molecular complexity index is 966. The molecule has 0 aliphatic heterocycles. The predicted octanol–water partition coefficient (Wildman–Crippen LogP) is 3.07. The van der Waals surface area contributed by atoms with Crippen molar-refractivity contribution in [3.05, 3.63) is 64.6 Å². The molecule has 0 saturated carbocycles. The zero-order valence-corrected chi connectivity index (χ0v) is 14.3. The first-order chi connectivity index (χ1) is 11.6. The van der Waals surface area contributed by atoms with Crippen LogP contribution in [0.1, 0.15) is 5.69 Å². The van der Waals surface area contributed by atoms with Gasteiger partial charge in [-0.3, -0.25) is 14.2 Å². The molecular weight excluding hydrogens is 322 g/mol. The summed E-state index contributed by atoms with van der Waals surface area (Å²) in [6.45, 7) is 1.70. The number of anilines is 1. The molecule has 0 aliphatic rings. The third kappa shape index (κ3) is 3.49. The van der Waals surface area contributed by atoms with Gasteiger partial charge in [0.2, 0.25) is 5.91 Å². The fourth-order valence-electron chi connectivity index (χ4n) is 2.51. The predicted molar refractivity (Wildman–Crippen MR) is 97.6 cm³/mol. The molecule has 1 N–H and O–H groups in total. The molecule has 3 aromatic rings. The molecule has 0 aliphatic carbocycles. The molecule has 0 atom stereocenters. The average molecular weight is 339 g/mol. The first-order valence-corrected chi connectivity index (χ1v) is 8.70. The topological polar surface area (TPSA) is 64.0 Å². The molecule has 0 bridgehead atoms. The van der Waals surface area contributed by atoms with Crippen molar-refractivity contribution in [2.45, 2.75) is 18.6 Å². The standard InChI is InChI=1S/C18H17N3O2S/c1-12-9-17(23)21(18(19-12)24-2)11-16(22)20-15-8-7-13-5-3-4-6-14(13)10-15/h3-10H,11H2,1-2H3,(H,20,22). The van der Waals surface area contributed by atoms with Crippen LogP contribution in [0.15, 0.2) is 58.5 Å². The van der Waals surface area contributed by atoms with Crippen molar-refractivity contribution in [3.8, 4) is 0 Å². The minimum absolute atomic E-state index is 0.0604. The molecule has 1 amide bonds. The number of carbonyl (C=O) groups excluding carboxylic acids is 1. The van der Waals surface area contributed by atoms with Gasteiger partial charge in [-0.2, -0.15) is 0 Å². The molecule has 0 unspecified atom stereocenters. The number of hydrogen-bond acceptors (Lipinski definition) is 4. The van der Waals surface area contributed by atoms with E-state index in [1.165, 1.54) is 22.4 Å². The lowest BCUT2D eigenvalue weighted by Crippen LogP contribution is -2.29. The number of nitrogens with zero attached hydrogens (tertiary/aromatic N) is 2. The first kappa shape index (κ1) is 16.3. The lowest BCUT2D eigenvalue weighted by Gasteiger charge is -2.11. The number of hydrogen-bond donors (Lipinski definition) is 1. The molecule has 24 heavy (non-hydrogen) atoms. The number of aromatic nitrogens is 2. The average Bonchev–Trinajstić information content (AvgIpc) is 2.57. The first-order valence-electron chi connectivity index (χ1n) is 7.48. The fourth-order valence-corrected chi connectivity index (χ4v) is 3.12. The maximum Gasteiger partial charge on any atom is 0.254 e. The van der Waals surface area contributed by atoms with Crippen LogP contribution < -0.4 is 10.9 Å². The van der Waals surface area contributed by atoms with E-state index in [0.29, 0.717) is 16.5 Å². The van der Waals surface area contributed by atoms with Crippen molar-refractivity contribution in [1.82, 2.24) is 9.55 Å². The van der Waals surface area contributed by atoms with Gasteiger partial charge in [-0.15, -0.1) is 0 Å². The number of nitrogens with one attached hydrogen (secondary N) is 1. The summed E-state index contributed by atoms with van der Waals surface area (Å²) in [5.74, 6) is -0.256. The minimum Gasteiger partial charge on any atom is -0.325 e. The smallest absolute Gasteiger partial charge is 0.254 e. The zero-order chi connectivity index (χ0) is 17.1. The maximum atomic E-state index is 12.3. The molecule has 0 fully saturated rings. The quantitative estimate of drug-likeness (QED) is 0.586. The zero-order valence-electron chi connectivity index (χ0n) is 13.4. The van der Waals surface area contributed by atoms with Crippen LogP contribution in [0.5, 0.6) is 0 Å². The van der Waals surface area contributed by atoms with Gasteiger partial charge in [0.05, 0.1) is 0 Å². The van der Waals surface area contributed by atoms with Crippen molar-refractivity contribution < 1.29 is 4.79 Å². The van der Waals surface area contributed by atoms with E-state index >= 15 is 0 Å². The summed E-state index contributed by atoms with van der Waals surface area (Å²) in [5.41, 5.74) is 1.13. The molecule has 0 saturated heterocycles. The fraction of sp³-hybridized carbons (Fsp3) is 0.167. The lowest BCUT2D eigenvalue weighted by atomic mass is 10.1. The second-order valence-electron chi connectivity index (χ2n) is 5.42. The second-order valence-corrected chi connectivity index (χ2v) is 6.19. The van der Waals surface area contributed by atoms with Crippen molar-refractivity contribution in [1.29, 1.82) is 0 Å². The summed E-state index contributed by atoms with van der Waals surface area (Å²) < 4.78 is 1.38. The van der Waals surface area contributed by atoms with Crippen LogP contribution in [0.3, 0.4) is 0 Å². The Hall–Kier alpha value is -2.60. The lowest BCUT2D eigenvalue weighted by molar-refractivity contribution is -0.116. The highest BCUT2D eigenvalue weighted by Crippen LogP contribution is 2.19. The molecule has 0 radical (unpaired) electrons. The normalized spacial score (nSPS) is 10.8. The van der Waals surface area contributed by atoms with Gasteiger partial charge in [-0.1, -0.05) is 42.1 Å². The summed E-state index contributed by atoms with van der Waals surface area (Å²) in [4.78, 5) is 28.7. The number of fused-ring (bicyclic) bond motifs is 1. The van der Waals surface area contributed by atoms with E-state index in [4.69, 9.17) is 0 Å². The Balaban J connectivity index is 1.81. The summed E-state index contributed by atoms with van der Waals surface area (Å²) >= 11 is 1.35. The van der Waals surface area contributed by atoms with Gasteiger partial charge in [-0.05, 0) is 36.1 Å². The SMILES string of the molecule is CSc1nc(C)cc(=O)n1CC(=O)Nc1ccc2ccccc2c1. The van der Waals surface area contributed by atoms with Crippen LogP contribution in [0.25, 0.3) is 10.8 Å². The monoisotopic (exact) mass is 339 g/mol. The Labute approximate surface area is 143 Å². The molecule has 1 heterocycles. The van der Waals surface area contributed by atoms with E-state index in [1.807, 2.05) is 48.7 Å². The van der Waals surface area contributed by atoms with E-state index in [2.05, 4.69) is 10.3 Å². The van der Waals surface area contributed by atoms with Gasteiger partial charge in [0.1, 0.15) is 6.54 Å². The number of rotatable bonds is 4. The Kier molecular flexibility index (Phi) is 4.66. The van der Waals surface area contributed by atoms with Crippen LogP contribution in [0.2, 0.25) is 0 Å². The third-order valence-electron chi connectivity index (χ3n) is 3.62. The van der Waals surface area contributed by atoms with Crippen LogP contribution in [-0.4, -0.2) is 21.7 Å². The van der Waals surface area contributed by atoms with Crippen molar-refractivity contribution >= 4 is 34.1 Å². The van der Waals surface area contributed by atoms with Gasteiger partial charge < -0.3 is 5.32 Å². The van der Waals surface area contributed by atoms with E-state index in [9.17, 15) is 9.59 Å².